The van der Waals surface area contributed by atoms with Crippen LogP contribution in [0.1, 0.15) is 45.6 Å². The molecule has 0 saturated carbocycles. The van der Waals surface area contributed by atoms with Crippen molar-refractivity contribution in [2.75, 3.05) is 33.2 Å². The molecule has 0 saturated heterocycles. The van der Waals surface area contributed by atoms with Crippen LogP contribution in [0.2, 0.25) is 0 Å². The first-order valence-corrected chi connectivity index (χ1v) is 9.43. The second-order valence-electron chi connectivity index (χ2n) is 6.30. The minimum absolute atomic E-state index is 0. The zero-order valence-corrected chi connectivity index (χ0v) is 18.8. The van der Waals surface area contributed by atoms with Crippen LogP contribution in [0.15, 0.2) is 35.3 Å². The number of halogens is 1. The standard InChI is InChI=1S/C20H36N4.HI/c1-5-24(6-2)17-11-12-18(3)23-20(21-4)22-16-10-15-19-13-8-7-9-14-19;/h7-9,13-14,18H,5-6,10-12,15-17H2,1-4H3,(H2,21,22,23);1H. The second kappa shape index (κ2) is 15.4. The van der Waals surface area contributed by atoms with Gasteiger partial charge in [-0.2, -0.15) is 0 Å². The van der Waals surface area contributed by atoms with Crippen LogP contribution in [0.3, 0.4) is 0 Å². The summed E-state index contributed by atoms with van der Waals surface area (Å²) in [6.07, 6.45) is 4.60. The fraction of sp³-hybridized carbons (Fsp3) is 0.650. The topological polar surface area (TPSA) is 39.7 Å². The molecule has 0 spiro atoms. The molecule has 0 heterocycles. The summed E-state index contributed by atoms with van der Waals surface area (Å²) in [5.74, 6) is 0.915. The van der Waals surface area contributed by atoms with Crippen LogP contribution in [-0.2, 0) is 6.42 Å². The average Bonchev–Trinajstić information content (AvgIpc) is 2.62. The first kappa shape index (κ1) is 24.2. The Labute approximate surface area is 171 Å². The van der Waals surface area contributed by atoms with Crippen LogP contribution >= 0.6 is 24.0 Å². The lowest BCUT2D eigenvalue weighted by Crippen LogP contribution is -2.42. The van der Waals surface area contributed by atoms with E-state index in [4.69, 9.17) is 0 Å². The summed E-state index contributed by atoms with van der Waals surface area (Å²) in [4.78, 5) is 6.81. The summed E-state index contributed by atoms with van der Waals surface area (Å²) in [5.41, 5.74) is 1.40. The summed E-state index contributed by atoms with van der Waals surface area (Å²) in [7, 11) is 1.84. The van der Waals surface area contributed by atoms with Gasteiger partial charge >= 0.3 is 0 Å². The monoisotopic (exact) mass is 460 g/mol. The second-order valence-corrected chi connectivity index (χ2v) is 6.30. The Balaban J connectivity index is 0.00000576. The van der Waals surface area contributed by atoms with Gasteiger partial charge in [0.15, 0.2) is 5.96 Å². The van der Waals surface area contributed by atoms with Crippen molar-refractivity contribution in [3.05, 3.63) is 35.9 Å². The molecule has 5 heteroatoms. The summed E-state index contributed by atoms with van der Waals surface area (Å²) in [5, 5.41) is 6.92. The first-order valence-electron chi connectivity index (χ1n) is 9.43. The number of benzene rings is 1. The van der Waals surface area contributed by atoms with Crippen LogP contribution in [0.4, 0.5) is 0 Å². The van der Waals surface area contributed by atoms with E-state index in [1.54, 1.807) is 0 Å². The van der Waals surface area contributed by atoms with Crippen molar-refractivity contribution in [1.29, 1.82) is 0 Å². The molecule has 0 aliphatic heterocycles. The quantitative estimate of drug-likeness (QED) is 0.228. The van der Waals surface area contributed by atoms with Gasteiger partial charge in [0.2, 0.25) is 0 Å². The third kappa shape index (κ3) is 11.4. The Morgan fingerprint density at radius 3 is 2.40 bits per heavy atom. The maximum absolute atomic E-state index is 4.33. The highest BCUT2D eigenvalue weighted by molar-refractivity contribution is 14.0. The van der Waals surface area contributed by atoms with Crippen LogP contribution in [-0.4, -0.2) is 50.1 Å². The van der Waals surface area contributed by atoms with Gasteiger partial charge in [-0.05, 0) is 57.8 Å². The minimum Gasteiger partial charge on any atom is -0.356 e. The number of nitrogens with one attached hydrogen (secondary N) is 2. The predicted octanol–water partition coefficient (Wildman–Crippen LogP) is 3.91. The van der Waals surface area contributed by atoms with Gasteiger partial charge in [0.1, 0.15) is 0 Å². The number of aliphatic imine (C=N–C) groups is 1. The number of hydrogen-bond donors (Lipinski definition) is 2. The zero-order chi connectivity index (χ0) is 17.6. The SMILES string of the molecule is CCN(CC)CCCC(C)NC(=NC)NCCCc1ccccc1.I. The molecule has 1 atom stereocenters. The molecule has 0 aliphatic rings. The molecule has 2 N–H and O–H groups in total. The molecule has 25 heavy (non-hydrogen) atoms. The van der Waals surface area contributed by atoms with Crippen molar-refractivity contribution in [2.45, 2.75) is 52.5 Å². The fourth-order valence-corrected chi connectivity index (χ4v) is 2.81. The van der Waals surface area contributed by atoms with E-state index in [9.17, 15) is 0 Å². The third-order valence-electron chi connectivity index (χ3n) is 4.39. The van der Waals surface area contributed by atoms with E-state index >= 15 is 0 Å². The Kier molecular flexibility index (Phi) is 14.9. The Morgan fingerprint density at radius 1 is 1.12 bits per heavy atom. The van der Waals surface area contributed by atoms with Gasteiger partial charge in [0.25, 0.3) is 0 Å². The van der Waals surface area contributed by atoms with E-state index in [0.29, 0.717) is 6.04 Å². The van der Waals surface area contributed by atoms with Crippen molar-refractivity contribution in [2.24, 2.45) is 4.99 Å². The first-order chi connectivity index (χ1) is 11.7. The van der Waals surface area contributed by atoms with Gasteiger partial charge in [-0.3, -0.25) is 4.99 Å². The van der Waals surface area contributed by atoms with Gasteiger partial charge in [0.05, 0.1) is 0 Å². The van der Waals surface area contributed by atoms with E-state index < -0.39 is 0 Å². The molecule has 144 valence electrons. The fourth-order valence-electron chi connectivity index (χ4n) is 2.81. The predicted molar refractivity (Wildman–Crippen MR) is 121 cm³/mol. The molecule has 0 radical (unpaired) electrons. The summed E-state index contributed by atoms with van der Waals surface area (Å²) in [6, 6.07) is 11.1. The third-order valence-corrected chi connectivity index (χ3v) is 4.39. The molecule has 1 aromatic rings. The van der Waals surface area contributed by atoms with Crippen molar-refractivity contribution in [1.82, 2.24) is 15.5 Å². The van der Waals surface area contributed by atoms with E-state index in [1.807, 2.05) is 7.05 Å². The Morgan fingerprint density at radius 2 is 1.80 bits per heavy atom. The highest BCUT2D eigenvalue weighted by Crippen LogP contribution is 2.02. The molecular weight excluding hydrogens is 423 g/mol. The average molecular weight is 460 g/mol. The molecule has 0 fully saturated rings. The van der Waals surface area contributed by atoms with Crippen LogP contribution < -0.4 is 10.6 Å². The van der Waals surface area contributed by atoms with Crippen molar-refractivity contribution >= 4 is 29.9 Å². The molecule has 0 aromatic heterocycles. The van der Waals surface area contributed by atoms with Crippen molar-refractivity contribution in [3.63, 3.8) is 0 Å². The summed E-state index contributed by atoms with van der Waals surface area (Å²) in [6.45, 7) is 11.1. The van der Waals surface area contributed by atoms with Gasteiger partial charge in [-0.25, -0.2) is 0 Å². The highest BCUT2D eigenvalue weighted by Gasteiger charge is 2.06. The minimum atomic E-state index is 0. The van der Waals surface area contributed by atoms with E-state index in [0.717, 1.165) is 38.4 Å². The van der Waals surface area contributed by atoms with E-state index in [-0.39, 0.29) is 24.0 Å². The molecule has 1 rings (SSSR count). The molecular formula is C20H37IN4. The Hall–Kier alpha value is -0.820. The lowest BCUT2D eigenvalue weighted by molar-refractivity contribution is 0.292. The van der Waals surface area contributed by atoms with Crippen LogP contribution in [0.5, 0.6) is 0 Å². The summed E-state index contributed by atoms with van der Waals surface area (Å²) >= 11 is 0. The summed E-state index contributed by atoms with van der Waals surface area (Å²) < 4.78 is 0. The van der Waals surface area contributed by atoms with Gasteiger partial charge in [0, 0.05) is 19.6 Å². The lowest BCUT2D eigenvalue weighted by Gasteiger charge is -2.21. The maximum Gasteiger partial charge on any atom is 0.191 e. The molecule has 0 amide bonds. The number of hydrogen-bond acceptors (Lipinski definition) is 2. The number of guanidine groups is 1. The lowest BCUT2D eigenvalue weighted by atomic mass is 10.1. The van der Waals surface area contributed by atoms with Crippen LogP contribution in [0.25, 0.3) is 0 Å². The van der Waals surface area contributed by atoms with Crippen molar-refractivity contribution in [3.8, 4) is 0 Å². The molecule has 0 bridgehead atoms. The largest absolute Gasteiger partial charge is 0.356 e. The van der Waals surface area contributed by atoms with Gasteiger partial charge in [-0.15, -0.1) is 24.0 Å². The molecule has 1 aromatic carbocycles. The number of nitrogens with zero attached hydrogens (tertiary/aromatic N) is 2. The van der Waals surface area contributed by atoms with Crippen LogP contribution in [0, 0.1) is 0 Å². The highest BCUT2D eigenvalue weighted by atomic mass is 127. The zero-order valence-electron chi connectivity index (χ0n) is 16.4. The van der Waals surface area contributed by atoms with Gasteiger partial charge in [-0.1, -0.05) is 44.2 Å². The Bertz CT molecular complexity index is 446. The van der Waals surface area contributed by atoms with Crippen molar-refractivity contribution < 1.29 is 0 Å². The normalized spacial score (nSPS) is 12.6. The number of rotatable bonds is 11. The van der Waals surface area contributed by atoms with E-state index in [2.05, 4.69) is 71.6 Å². The maximum atomic E-state index is 4.33. The smallest absolute Gasteiger partial charge is 0.191 e. The molecule has 1 unspecified atom stereocenters. The molecule has 4 nitrogen and oxygen atoms in total. The number of aryl methyl sites for hydroxylation is 1. The molecule has 0 aliphatic carbocycles. The van der Waals surface area contributed by atoms with Gasteiger partial charge < -0.3 is 15.5 Å². The van der Waals surface area contributed by atoms with E-state index in [1.165, 1.54) is 24.9 Å².